The first-order valence-corrected chi connectivity index (χ1v) is 5.33. The largest absolute Gasteiger partial charge is 0.392 e. The lowest BCUT2D eigenvalue weighted by atomic mass is 10.1. The number of nitro groups is 1. The van der Waals surface area contributed by atoms with Gasteiger partial charge in [0.1, 0.15) is 0 Å². The Labute approximate surface area is 99.6 Å². The summed E-state index contributed by atoms with van der Waals surface area (Å²) in [6, 6.07) is 4.33. The van der Waals surface area contributed by atoms with Gasteiger partial charge in [-0.25, -0.2) is 0 Å². The molecule has 6 heteroatoms. The fraction of sp³-hybridized carbons (Fsp3) is 0.455. The maximum atomic E-state index is 10.7. The van der Waals surface area contributed by atoms with Crippen LogP contribution in [0.5, 0.6) is 0 Å². The van der Waals surface area contributed by atoms with E-state index in [0.717, 1.165) is 5.56 Å². The van der Waals surface area contributed by atoms with Crippen LogP contribution >= 0.6 is 0 Å². The Morgan fingerprint density at radius 2 is 2.18 bits per heavy atom. The number of nitrogens with zero attached hydrogens (tertiary/aromatic N) is 1. The molecule has 2 atom stereocenters. The van der Waals surface area contributed by atoms with Crippen molar-refractivity contribution in [3.8, 4) is 0 Å². The average Bonchev–Trinajstić information content (AvgIpc) is 2.24. The average molecular weight is 239 g/mol. The zero-order valence-corrected chi connectivity index (χ0v) is 9.88. The molecule has 0 aliphatic rings. The van der Waals surface area contributed by atoms with E-state index in [9.17, 15) is 15.2 Å². The van der Waals surface area contributed by atoms with Gasteiger partial charge < -0.3 is 16.2 Å². The maximum Gasteiger partial charge on any atom is 0.271 e. The van der Waals surface area contributed by atoms with Gasteiger partial charge in [0.15, 0.2) is 0 Å². The van der Waals surface area contributed by atoms with Crippen LogP contribution in [0.15, 0.2) is 18.2 Å². The number of nitrogens with two attached hydrogens (primary N) is 1. The van der Waals surface area contributed by atoms with Crippen molar-refractivity contribution in [2.75, 3.05) is 11.9 Å². The molecular weight excluding hydrogens is 222 g/mol. The van der Waals surface area contributed by atoms with Gasteiger partial charge in [-0.2, -0.15) is 0 Å². The highest BCUT2D eigenvalue weighted by molar-refractivity contribution is 5.53. The number of rotatable bonds is 5. The van der Waals surface area contributed by atoms with Crippen LogP contribution in [0.1, 0.15) is 12.5 Å². The highest BCUT2D eigenvalue weighted by Crippen LogP contribution is 2.20. The van der Waals surface area contributed by atoms with Crippen LogP contribution in [0.2, 0.25) is 0 Å². The molecule has 4 N–H and O–H groups in total. The van der Waals surface area contributed by atoms with Gasteiger partial charge in [0.05, 0.1) is 11.0 Å². The third kappa shape index (κ3) is 4.01. The minimum absolute atomic E-state index is 0.0399. The highest BCUT2D eigenvalue weighted by Gasteiger charge is 2.11. The molecule has 1 aromatic rings. The van der Waals surface area contributed by atoms with Crippen molar-refractivity contribution in [1.29, 1.82) is 0 Å². The van der Waals surface area contributed by atoms with Gasteiger partial charge in [-0.05, 0) is 25.5 Å². The first-order valence-electron chi connectivity index (χ1n) is 5.33. The fourth-order valence-electron chi connectivity index (χ4n) is 1.38. The molecule has 1 rings (SSSR count). The lowest BCUT2D eigenvalue weighted by Crippen LogP contribution is -2.38. The normalized spacial score (nSPS) is 14.1. The minimum Gasteiger partial charge on any atom is -0.392 e. The third-order valence-corrected chi connectivity index (χ3v) is 2.43. The summed E-state index contributed by atoms with van der Waals surface area (Å²) in [4.78, 5) is 10.2. The maximum absolute atomic E-state index is 10.7. The van der Waals surface area contributed by atoms with E-state index >= 15 is 0 Å². The van der Waals surface area contributed by atoms with E-state index in [4.69, 9.17) is 5.73 Å². The van der Waals surface area contributed by atoms with E-state index in [1.165, 1.54) is 12.1 Å². The molecular formula is C11H17N3O3. The number of aryl methyl sites for hydroxylation is 1. The number of aliphatic hydroxyl groups is 1. The Morgan fingerprint density at radius 3 is 2.71 bits per heavy atom. The monoisotopic (exact) mass is 239 g/mol. The fourth-order valence-corrected chi connectivity index (χ4v) is 1.38. The van der Waals surface area contributed by atoms with Crippen molar-refractivity contribution in [3.63, 3.8) is 0 Å². The molecule has 0 amide bonds. The first-order chi connectivity index (χ1) is 7.90. The van der Waals surface area contributed by atoms with Gasteiger partial charge in [-0.15, -0.1) is 0 Å². The van der Waals surface area contributed by atoms with Crippen molar-refractivity contribution in [3.05, 3.63) is 33.9 Å². The van der Waals surface area contributed by atoms with Crippen LogP contribution in [0.4, 0.5) is 11.4 Å². The van der Waals surface area contributed by atoms with E-state index < -0.39 is 17.1 Å². The summed E-state index contributed by atoms with van der Waals surface area (Å²) in [7, 11) is 0. The molecule has 0 aromatic heterocycles. The van der Waals surface area contributed by atoms with Crippen LogP contribution < -0.4 is 11.1 Å². The molecule has 0 radical (unpaired) electrons. The Morgan fingerprint density at radius 1 is 1.53 bits per heavy atom. The number of nitro benzene ring substituents is 1. The van der Waals surface area contributed by atoms with Crippen molar-refractivity contribution in [2.45, 2.75) is 26.0 Å². The van der Waals surface area contributed by atoms with Crippen LogP contribution in [0.25, 0.3) is 0 Å². The zero-order valence-electron chi connectivity index (χ0n) is 9.88. The second-order valence-corrected chi connectivity index (χ2v) is 4.10. The number of benzene rings is 1. The summed E-state index contributed by atoms with van der Waals surface area (Å²) in [5, 5.41) is 22.9. The summed E-state index contributed by atoms with van der Waals surface area (Å²) >= 11 is 0. The Balaban J connectivity index is 2.74. The molecule has 0 saturated carbocycles. The lowest BCUT2D eigenvalue weighted by Gasteiger charge is -2.16. The van der Waals surface area contributed by atoms with Crippen LogP contribution in [0, 0.1) is 17.0 Å². The molecule has 0 bridgehead atoms. The van der Waals surface area contributed by atoms with Gasteiger partial charge in [0.25, 0.3) is 5.69 Å². The molecule has 0 saturated heterocycles. The molecule has 0 fully saturated rings. The van der Waals surface area contributed by atoms with E-state index in [1.807, 2.05) is 0 Å². The molecule has 17 heavy (non-hydrogen) atoms. The Hall–Kier alpha value is -1.66. The summed E-state index contributed by atoms with van der Waals surface area (Å²) in [6.45, 7) is 3.75. The van der Waals surface area contributed by atoms with Gasteiger partial charge in [-0.1, -0.05) is 0 Å². The molecule has 2 unspecified atom stereocenters. The quantitative estimate of drug-likeness (QED) is 0.526. The second-order valence-electron chi connectivity index (χ2n) is 4.10. The molecule has 0 spiro atoms. The minimum atomic E-state index is -0.623. The molecule has 0 heterocycles. The molecule has 0 aliphatic carbocycles. The first kappa shape index (κ1) is 13.4. The number of hydrogen-bond acceptors (Lipinski definition) is 5. The lowest BCUT2D eigenvalue weighted by molar-refractivity contribution is -0.384. The molecule has 1 aromatic carbocycles. The predicted molar refractivity (Wildman–Crippen MR) is 66.0 cm³/mol. The van der Waals surface area contributed by atoms with Gasteiger partial charge in [0, 0.05) is 30.4 Å². The van der Waals surface area contributed by atoms with Crippen LogP contribution in [0.3, 0.4) is 0 Å². The predicted octanol–water partition coefficient (Wildman–Crippen LogP) is 1.02. The summed E-state index contributed by atoms with van der Waals surface area (Å²) < 4.78 is 0. The van der Waals surface area contributed by atoms with Gasteiger partial charge in [-0.3, -0.25) is 10.1 Å². The summed E-state index contributed by atoms with van der Waals surface area (Å²) in [5.41, 5.74) is 7.12. The SMILES string of the molecule is Cc1cc(NCC(N)C(C)O)cc([N+](=O)[O-])c1. The van der Waals surface area contributed by atoms with E-state index in [0.29, 0.717) is 12.2 Å². The smallest absolute Gasteiger partial charge is 0.271 e. The zero-order chi connectivity index (χ0) is 13.0. The van der Waals surface area contributed by atoms with Gasteiger partial charge in [0.2, 0.25) is 0 Å². The number of anilines is 1. The number of nitrogens with one attached hydrogen (secondary N) is 1. The summed E-state index contributed by atoms with van der Waals surface area (Å²) in [5.74, 6) is 0. The van der Waals surface area contributed by atoms with Crippen molar-refractivity contribution in [1.82, 2.24) is 0 Å². The topological polar surface area (TPSA) is 101 Å². The Kier molecular flexibility index (Phi) is 4.42. The second kappa shape index (κ2) is 5.60. The van der Waals surface area contributed by atoms with E-state index in [2.05, 4.69) is 5.32 Å². The van der Waals surface area contributed by atoms with Crippen molar-refractivity contribution < 1.29 is 10.0 Å². The highest BCUT2D eigenvalue weighted by atomic mass is 16.6. The van der Waals surface area contributed by atoms with Crippen LogP contribution in [-0.2, 0) is 0 Å². The van der Waals surface area contributed by atoms with E-state index in [-0.39, 0.29) is 5.69 Å². The van der Waals surface area contributed by atoms with Crippen LogP contribution in [-0.4, -0.2) is 28.7 Å². The van der Waals surface area contributed by atoms with Gasteiger partial charge >= 0.3 is 0 Å². The van der Waals surface area contributed by atoms with E-state index in [1.54, 1.807) is 19.9 Å². The summed E-state index contributed by atoms with van der Waals surface area (Å²) in [6.07, 6.45) is -0.623. The standard InChI is InChI=1S/C11H17N3O3/c1-7-3-9(5-10(4-7)14(16)17)13-6-11(12)8(2)15/h3-5,8,11,13,15H,6,12H2,1-2H3. The van der Waals surface area contributed by atoms with Crippen molar-refractivity contribution >= 4 is 11.4 Å². The Bertz CT molecular complexity index is 407. The van der Waals surface area contributed by atoms with Crippen molar-refractivity contribution in [2.24, 2.45) is 5.73 Å². The number of non-ortho nitro benzene ring substituents is 1. The molecule has 6 nitrogen and oxygen atoms in total. The number of aliphatic hydroxyl groups excluding tert-OH is 1. The number of hydrogen-bond donors (Lipinski definition) is 3. The third-order valence-electron chi connectivity index (χ3n) is 2.43. The molecule has 94 valence electrons. The molecule has 0 aliphatic heterocycles.